The van der Waals surface area contributed by atoms with Crippen LogP contribution in [-0.2, 0) is 4.74 Å². The van der Waals surface area contributed by atoms with Gasteiger partial charge in [-0.25, -0.2) is 0 Å². The molecule has 0 spiro atoms. The van der Waals surface area contributed by atoms with Crippen molar-refractivity contribution in [3.63, 3.8) is 0 Å². The van der Waals surface area contributed by atoms with Crippen LogP contribution in [0.25, 0.3) is 0 Å². The maximum Gasteiger partial charge on any atom is 0.0867 e. The van der Waals surface area contributed by atoms with Crippen molar-refractivity contribution in [2.45, 2.75) is 59.2 Å². The molecule has 16 heavy (non-hydrogen) atoms. The molecular formula is C15H26O. The molecule has 1 aliphatic rings. The molecular weight excluding hydrogens is 196 g/mol. The normalized spacial score (nSPS) is 28.8. The highest BCUT2D eigenvalue weighted by Crippen LogP contribution is 2.36. The minimum atomic E-state index is 0.520. The fourth-order valence-electron chi connectivity index (χ4n) is 2.28. The number of rotatable bonds is 7. The second kappa shape index (κ2) is 6.90. The Labute approximate surface area is 101 Å². The summed E-state index contributed by atoms with van der Waals surface area (Å²) in [7, 11) is 0. The van der Waals surface area contributed by atoms with Crippen molar-refractivity contribution in [1.82, 2.24) is 0 Å². The first kappa shape index (κ1) is 13.5. The molecule has 0 aromatic carbocycles. The van der Waals surface area contributed by atoms with Crippen LogP contribution in [0, 0.1) is 11.8 Å². The van der Waals surface area contributed by atoms with Crippen LogP contribution in [0.15, 0.2) is 24.3 Å². The molecule has 3 unspecified atom stereocenters. The summed E-state index contributed by atoms with van der Waals surface area (Å²) in [6.07, 6.45) is 13.3. The standard InChI is InChI=1S/C15H26O/c1-5-7-8-10-12(3)11-14-15(16-14)13(4)9-6-2/h5,7-8,10,12-15H,6,9,11H2,1-4H3/b7-5-,10-8+/t12?,13-,14?,15?/m1/s1. The van der Waals surface area contributed by atoms with Crippen LogP contribution in [0.1, 0.15) is 47.0 Å². The van der Waals surface area contributed by atoms with Crippen molar-refractivity contribution in [3.05, 3.63) is 24.3 Å². The van der Waals surface area contributed by atoms with E-state index in [1.807, 2.05) is 6.92 Å². The highest BCUT2D eigenvalue weighted by atomic mass is 16.6. The molecule has 4 atom stereocenters. The fourth-order valence-corrected chi connectivity index (χ4v) is 2.28. The minimum Gasteiger partial charge on any atom is -0.369 e. The van der Waals surface area contributed by atoms with Gasteiger partial charge in [0, 0.05) is 0 Å². The van der Waals surface area contributed by atoms with Crippen LogP contribution in [0.2, 0.25) is 0 Å². The van der Waals surface area contributed by atoms with E-state index >= 15 is 0 Å². The third-order valence-corrected chi connectivity index (χ3v) is 3.27. The van der Waals surface area contributed by atoms with Gasteiger partial charge in [-0.1, -0.05) is 51.5 Å². The maximum atomic E-state index is 5.76. The van der Waals surface area contributed by atoms with Crippen molar-refractivity contribution >= 4 is 0 Å². The molecule has 0 saturated carbocycles. The van der Waals surface area contributed by atoms with Gasteiger partial charge in [0.05, 0.1) is 12.2 Å². The van der Waals surface area contributed by atoms with E-state index in [4.69, 9.17) is 4.74 Å². The van der Waals surface area contributed by atoms with Gasteiger partial charge in [0.15, 0.2) is 0 Å². The van der Waals surface area contributed by atoms with Gasteiger partial charge in [-0.15, -0.1) is 0 Å². The summed E-state index contributed by atoms with van der Waals surface area (Å²) in [6.45, 7) is 8.87. The lowest BCUT2D eigenvalue weighted by molar-refractivity contribution is 0.309. The lowest BCUT2D eigenvalue weighted by atomic mass is 9.95. The molecule has 92 valence electrons. The molecule has 0 bridgehead atoms. The summed E-state index contributed by atoms with van der Waals surface area (Å²) in [5.74, 6) is 1.36. The van der Waals surface area contributed by atoms with Crippen molar-refractivity contribution in [2.24, 2.45) is 11.8 Å². The summed E-state index contributed by atoms with van der Waals surface area (Å²) in [5.41, 5.74) is 0. The molecule has 1 fully saturated rings. The Bertz CT molecular complexity index is 242. The van der Waals surface area contributed by atoms with E-state index in [-0.39, 0.29) is 0 Å². The van der Waals surface area contributed by atoms with Gasteiger partial charge < -0.3 is 4.74 Å². The summed E-state index contributed by atoms with van der Waals surface area (Å²) in [4.78, 5) is 0. The monoisotopic (exact) mass is 222 g/mol. The minimum absolute atomic E-state index is 0.520. The highest BCUT2D eigenvalue weighted by molar-refractivity contribution is 5.04. The van der Waals surface area contributed by atoms with Gasteiger partial charge in [0.25, 0.3) is 0 Å². The Balaban J connectivity index is 2.20. The van der Waals surface area contributed by atoms with Crippen LogP contribution >= 0.6 is 0 Å². The SMILES string of the molecule is C/C=C\C=C\C(C)CC1OC1[C@H](C)CCC. The second-order valence-electron chi connectivity index (χ2n) is 5.03. The average molecular weight is 222 g/mol. The van der Waals surface area contributed by atoms with Gasteiger partial charge >= 0.3 is 0 Å². The van der Waals surface area contributed by atoms with Gasteiger partial charge in [-0.2, -0.15) is 0 Å². The average Bonchev–Trinajstić information content (AvgIpc) is 2.98. The number of hydrogen-bond donors (Lipinski definition) is 0. The van der Waals surface area contributed by atoms with Gasteiger partial charge in [0.1, 0.15) is 0 Å². The van der Waals surface area contributed by atoms with E-state index in [0.29, 0.717) is 18.1 Å². The highest BCUT2D eigenvalue weighted by Gasteiger charge is 2.42. The van der Waals surface area contributed by atoms with Crippen molar-refractivity contribution in [3.8, 4) is 0 Å². The molecule has 1 rings (SSSR count). The zero-order valence-electron chi connectivity index (χ0n) is 11.1. The molecule has 0 aromatic rings. The van der Waals surface area contributed by atoms with E-state index in [2.05, 4.69) is 45.1 Å². The molecule has 0 radical (unpaired) electrons. The van der Waals surface area contributed by atoms with Gasteiger partial charge in [-0.05, 0) is 31.6 Å². The predicted molar refractivity (Wildman–Crippen MR) is 70.5 cm³/mol. The Morgan fingerprint density at radius 1 is 1.25 bits per heavy atom. The largest absolute Gasteiger partial charge is 0.369 e. The fraction of sp³-hybridized carbons (Fsp3) is 0.733. The first-order valence-corrected chi connectivity index (χ1v) is 6.64. The summed E-state index contributed by atoms with van der Waals surface area (Å²) >= 11 is 0. The Kier molecular flexibility index (Phi) is 5.83. The summed E-state index contributed by atoms with van der Waals surface area (Å²) in [5, 5.41) is 0. The predicted octanol–water partition coefficient (Wildman–Crippen LogP) is 4.35. The molecule has 0 N–H and O–H groups in total. The zero-order chi connectivity index (χ0) is 12.0. The number of epoxide rings is 1. The smallest absolute Gasteiger partial charge is 0.0867 e. The van der Waals surface area contributed by atoms with Crippen LogP contribution in [0.4, 0.5) is 0 Å². The Morgan fingerprint density at radius 3 is 2.62 bits per heavy atom. The van der Waals surface area contributed by atoms with E-state index in [1.54, 1.807) is 0 Å². The molecule has 1 heteroatoms. The summed E-state index contributed by atoms with van der Waals surface area (Å²) < 4.78 is 5.76. The molecule has 1 saturated heterocycles. The number of hydrogen-bond acceptors (Lipinski definition) is 1. The Hall–Kier alpha value is -0.560. The molecule has 0 aliphatic carbocycles. The maximum absolute atomic E-state index is 5.76. The third-order valence-electron chi connectivity index (χ3n) is 3.27. The topological polar surface area (TPSA) is 12.5 Å². The number of ether oxygens (including phenoxy) is 1. The van der Waals surface area contributed by atoms with Crippen LogP contribution in [-0.4, -0.2) is 12.2 Å². The first-order chi connectivity index (χ1) is 7.69. The lowest BCUT2D eigenvalue weighted by Gasteiger charge is -2.06. The van der Waals surface area contributed by atoms with Crippen molar-refractivity contribution in [1.29, 1.82) is 0 Å². The quantitative estimate of drug-likeness (QED) is 0.461. The van der Waals surface area contributed by atoms with E-state index in [0.717, 1.165) is 5.92 Å². The van der Waals surface area contributed by atoms with Gasteiger partial charge in [0.2, 0.25) is 0 Å². The van der Waals surface area contributed by atoms with Crippen LogP contribution in [0.5, 0.6) is 0 Å². The second-order valence-corrected chi connectivity index (χ2v) is 5.03. The van der Waals surface area contributed by atoms with E-state index in [9.17, 15) is 0 Å². The molecule has 1 aliphatic heterocycles. The lowest BCUT2D eigenvalue weighted by Crippen LogP contribution is -2.08. The van der Waals surface area contributed by atoms with Crippen LogP contribution in [0.3, 0.4) is 0 Å². The zero-order valence-corrected chi connectivity index (χ0v) is 11.1. The molecule has 0 amide bonds. The molecule has 1 nitrogen and oxygen atoms in total. The Morgan fingerprint density at radius 2 is 2.00 bits per heavy atom. The molecule has 1 heterocycles. The van der Waals surface area contributed by atoms with Gasteiger partial charge in [-0.3, -0.25) is 0 Å². The summed E-state index contributed by atoms with van der Waals surface area (Å²) in [6, 6.07) is 0. The molecule has 0 aromatic heterocycles. The third kappa shape index (κ3) is 4.52. The number of allylic oxidation sites excluding steroid dienone is 4. The van der Waals surface area contributed by atoms with Crippen molar-refractivity contribution < 1.29 is 4.74 Å². The van der Waals surface area contributed by atoms with Crippen LogP contribution < -0.4 is 0 Å². The van der Waals surface area contributed by atoms with Crippen molar-refractivity contribution in [2.75, 3.05) is 0 Å². The van der Waals surface area contributed by atoms with E-state index < -0.39 is 0 Å². The van der Waals surface area contributed by atoms with E-state index in [1.165, 1.54) is 19.3 Å². The first-order valence-electron chi connectivity index (χ1n) is 6.64.